The van der Waals surface area contributed by atoms with Crippen molar-refractivity contribution in [3.8, 4) is 0 Å². The highest BCUT2D eigenvalue weighted by atomic mass is 127. The predicted octanol–water partition coefficient (Wildman–Crippen LogP) is 2.23. The number of hydrogen-bond acceptors (Lipinski definition) is 4. The summed E-state index contributed by atoms with van der Waals surface area (Å²) < 4.78 is 11.3. The predicted molar refractivity (Wildman–Crippen MR) is 114 cm³/mol. The quantitative estimate of drug-likeness (QED) is 0.235. The first kappa shape index (κ1) is 22.9. The van der Waals surface area contributed by atoms with E-state index in [0.717, 1.165) is 71.2 Å². The number of likely N-dealkylation sites (tertiary alicyclic amines) is 1. The third kappa shape index (κ3) is 8.88. The molecule has 2 heterocycles. The Bertz CT molecular complexity index is 365. The summed E-state index contributed by atoms with van der Waals surface area (Å²) in [5, 5.41) is 6.77. The third-order valence-corrected chi connectivity index (χ3v) is 4.85. The molecule has 2 aliphatic heterocycles. The fourth-order valence-electron chi connectivity index (χ4n) is 3.43. The molecule has 25 heavy (non-hydrogen) atoms. The second kappa shape index (κ2) is 14.0. The van der Waals surface area contributed by atoms with E-state index >= 15 is 0 Å². The molecule has 0 spiro atoms. The molecule has 0 aromatic heterocycles. The van der Waals surface area contributed by atoms with Gasteiger partial charge in [-0.2, -0.15) is 0 Å². The number of aliphatic imine (C=N–C) groups is 1. The van der Waals surface area contributed by atoms with Gasteiger partial charge in [-0.3, -0.25) is 9.89 Å². The summed E-state index contributed by atoms with van der Waals surface area (Å²) >= 11 is 0. The van der Waals surface area contributed by atoms with Gasteiger partial charge in [0.25, 0.3) is 0 Å². The lowest BCUT2D eigenvalue weighted by Gasteiger charge is -2.22. The van der Waals surface area contributed by atoms with Crippen LogP contribution in [0.2, 0.25) is 0 Å². The van der Waals surface area contributed by atoms with Gasteiger partial charge >= 0.3 is 0 Å². The van der Waals surface area contributed by atoms with Crippen molar-refractivity contribution >= 4 is 29.9 Å². The van der Waals surface area contributed by atoms with Crippen molar-refractivity contribution in [1.29, 1.82) is 0 Å². The Morgan fingerprint density at radius 1 is 1.20 bits per heavy atom. The first-order valence-electron chi connectivity index (χ1n) is 9.79. The molecule has 1 atom stereocenters. The van der Waals surface area contributed by atoms with Crippen LogP contribution in [0.4, 0.5) is 0 Å². The second-order valence-electron chi connectivity index (χ2n) is 6.61. The summed E-state index contributed by atoms with van der Waals surface area (Å²) in [5.74, 6) is 0.937. The van der Waals surface area contributed by atoms with Gasteiger partial charge in [0.15, 0.2) is 5.96 Å². The van der Waals surface area contributed by atoms with Crippen LogP contribution >= 0.6 is 24.0 Å². The molecule has 2 N–H and O–H groups in total. The molecule has 0 bridgehead atoms. The highest BCUT2D eigenvalue weighted by Gasteiger charge is 2.22. The number of halogens is 1. The number of hydrogen-bond donors (Lipinski definition) is 2. The molecule has 1 unspecified atom stereocenters. The standard InChI is InChI=1S/C18H36N4O2.HI/c1-3-19-18(21-15-16-7-5-11-22(16)4-2)20-10-6-12-24-17-8-13-23-14-9-17;/h16-17H,3-15H2,1-2H3,(H2,19,20,21);1H. The minimum atomic E-state index is 0. The van der Waals surface area contributed by atoms with Gasteiger partial charge < -0.3 is 20.1 Å². The summed E-state index contributed by atoms with van der Waals surface area (Å²) in [7, 11) is 0. The molecule has 148 valence electrons. The monoisotopic (exact) mass is 468 g/mol. The summed E-state index contributed by atoms with van der Waals surface area (Å²) in [4.78, 5) is 7.31. The number of nitrogens with one attached hydrogen (secondary N) is 2. The van der Waals surface area contributed by atoms with Crippen LogP contribution in [0.5, 0.6) is 0 Å². The van der Waals surface area contributed by atoms with E-state index in [2.05, 4.69) is 29.4 Å². The molecule has 6 nitrogen and oxygen atoms in total. The Morgan fingerprint density at radius 2 is 2.00 bits per heavy atom. The lowest BCUT2D eigenvalue weighted by Crippen LogP contribution is -2.40. The van der Waals surface area contributed by atoms with Gasteiger partial charge in [0.1, 0.15) is 0 Å². The zero-order chi connectivity index (χ0) is 17.0. The van der Waals surface area contributed by atoms with Crippen molar-refractivity contribution in [3.63, 3.8) is 0 Å². The highest BCUT2D eigenvalue weighted by Crippen LogP contribution is 2.16. The highest BCUT2D eigenvalue weighted by molar-refractivity contribution is 14.0. The second-order valence-corrected chi connectivity index (χ2v) is 6.61. The van der Waals surface area contributed by atoms with Crippen molar-refractivity contribution in [3.05, 3.63) is 0 Å². The van der Waals surface area contributed by atoms with Crippen LogP contribution in [-0.4, -0.2) is 75.5 Å². The van der Waals surface area contributed by atoms with Crippen molar-refractivity contribution in [2.75, 3.05) is 52.5 Å². The normalized spacial score (nSPS) is 22.6. The molecule has 0 aromatic carbocycles. The van der Waals surface area contributed by atoms with Crippen LogP contribution < -0.4 is 10.6 Å². The van der Waals surface area contributed by atoms with E-state index in [4.69, 9.17) is 14.5 Å². The number of nitrogens with zero attached hydrogens (tertiary/aromatic N) is 2. The van der Waals surface area contributed by atoms with E-state index in [-0.39, 0.29) is 24.0 Å². The molecular formula is C18H37IN4O2. The third-order valence-electron chi connectivity index (χ3n) is 4.85. The van der Waals surface area contributed by atoms with E-state index < -0.39 is 0 Å². The van der Waals surface area contributed by atoms with Crippen molar-refractivity contribution in [2.24, 2.45) is 4.99 Å². The maximum absolute atomic E-state index is 5.91. The maximum atomic E-state index is 5.91. The Morgan fingerprint density at radius 3 is 2.72 bits per heavy atom. The lowest BCUT2D eigenvalue weighted by atomic mass is 10.1. The van der Waals surface area contributed by atoms with Crippen LogP contribution in [0.15, 0.2) is 4.99 Å². The molecule has 0 amide bonds. The lowest BCUT2D eigenvalue weighted by molar-refractivity contribution is -0.0320. The van der Waals surface area contributed by atoms with E-state index in [0.29, 0.717) is 12.1 Å². The Balaban J connectivity index is 0.00000312. The summed E-state index contributed by atoms with van der Waals surface area (Å²) in [5.41, 5.74) is 0. The topological polar surface area (TPSA) is 58.1 Å². The fraction of sp³-hybridized carbons (Fsp3) is 0.944. The molecular weight excluding hydrogens is 431 g/mol. The van der Waals surface area contributed by atoms with E-state index in [1.54, 1.807) is 0 Å². The molecule has 2 aliphatic rings. The SMILES string of the molecule is CCNC(=NCC1CCCN1CC)NCCCOC1CCOCC1.I. The Labute approximate surface area is 170 Å². The first-order chi connectivity index (χ1) is 11.8. The number of ether oxygens (including phenoxy) is 2. The fourth-order valence-corrected chi connectivity index (χ4v) is 3.43. The largest absolute Gasteiger partial charge is 0.381 e. The van der Waals surface area contributed by atoms with Crippen molar-refractivity contribution < 1.29 is 9.47 Å². The molecule has 0 radical (unpaired) electrons. The summed E-state index contributed by atoms with van der Waals surface area (Å²) in [6.07, 6.45) is 6.05. The zero-order valence-corrected chi connectivity index (χ0v) is 18.3. The van der Waals surface area contributed by atoms with Crippen LogP contribution in [0, 0.1) is 0 Å². The molecule has 2 saturated heterocycles. The van der Waals surface area contributed by atoms with Crippen molar-refractivity contribution in [1.82, 2.24) is 15.5 Å². The average Bonchev–Trinajstić information content (AvgIpc) is 3.07. The van der Waals surface area contributed by atoms with Crippen LogP contribution in [0.1, 0.15) is 46.0 Å². The molecule has 7 heteroatoms. The summed E-state index contributed by atoms with van der Waals surface area (Å²) in [6, 6.07) is 0.613. The van der Waals surface area contributed by atoms with E-state index in [9.17, 15) is 0 Å². The summed E-state index contributed by atoms with van der Waals surface area (Å²) in [6.45, 7) is 11.9. The van der Waals surface area contributed by atoms with Gasteiger partial charge in [-0.1, -0.05) is 6.92 Å². The molecule has 2 rings (SSSR count). The smallest absolute Gasteiger partial charge is 0.191 e. The maximum Gasteiger partial charge on any atom is 0.191 e. The van der Waals surface area contributed by atoms with Gasteiger partial charge in [-0.25, -0.2) is 0 Å². The minimum absolute atomic E-state index is 0. The average molecular weight is 468 g/mol. The molecule has 0 saturated carbocycles. The van der Waals surface area contributed by atoms with Gasteiger partial charge in [0.2, 0.25) is 0 Å². The number of likely N-dealkylation sites (N-methyl/N-ethyl adjacent to an activating group) is 1. The Hall–Kier alpha value is -0.120. The van der Waals surface area contributed by atoms with Gasteiger partial charge in [-0.15, -0.1) is 24.0 Å². The molecule has 0 aromatic rings. The first-order valence-corrected chi connectivity index (χ1v) is 9.79. The van der Waals surface area contributed by atoms with Crippen molar-refractivity contribution in [2.45, 2.75) is 58.1 Å². The number of guanidine groups is 1. The van der Waals surface area contributed by atoms with Crippen LogP contribution in [-0.2, 0) is 9.47 Å². The van der Waals surface area contributed by atoms with E-state index in [1.807, 2.05) is 0 Å². The van der Waals surface area contributed by atoms with Crippen LogP contribution in [0.3, 0.4) is 0 Å². The van der Waals surface area contributed by atoms with E-state index in [1.165, 1.54) is 19.4 Å². The van der Waals surface area contributed by atoms with Gasteiger partial charge in [-0.05, 0) is 52.1 Å². The van der Waals surface area contributed by atoms with Gasteiger partial charge in [0.05, 0.1) is 12.6 Å². The minimum Gasteiger partial charge on any atom is -0.381 e. The molecule has 0 aliphatic carbocycles. The Kier molecular flexibility index (Phi) is 12.8. The molecule has 2 fully saturated rings. The number of rotatable bonds is 9. The van der Waals surface area contributed by atoms with Crippen LogP contribution in [0.25, 0.3) is 0 Å². The zero-order valence-electron chi connectivity index (χ0n) is 16.0. The van der Waals surface area contributed by atoms with Gasteiger partial charge in [0, 0.05) is 39.0 Å².